The van der Waals surface area contributed by atoms with Gasteiger partial charge in [0.25, 0.3) is 5.52 Å². The molecule has 3 heterocycles. The maximum atomic E-state index is 12.3. The first-order chi connectivity index (χ1) is 12.2. The van der Waals surface area contributed by atoms with E-state index >= 15 is 0 Å². The summed E-state index contributed by atoms with van der Waals surface area (Å²) < 4.78 is 11.9. The Morgan fingerprint density at radius 3 is 2.96 bits per heavy atom. The molecule has 0 saturated carbocycles. The summed E-state index contributed by atoms with van der Waals surface area (Å²) in [6.45, 7) is 4.85. The van der Waals surface area contributed by atoms with E-state index in [1.165, 1.54) is 10.7 Å². The second-order valence-corrected chi connectivity index (χ2v) is 5.66. The van der Waals surface area contributed by atoms with Crippen LogP contribution in [0.15, 0.2) is 24.4 Å². The van der Waals surface area contributed by atoms with E-state index in [9.17, 15) is 10.0 Å². The van der Waals surface area contributed by atoms with Gasteiger partial charge in [0.15, 0.2) is 0 Å². The predicted molar refractivity (Wildman–Crippen MR) is 88.4 cm³/mol. The van der Waals surface area contributed by atoms with E-state index in [0.29, 0.717) is 29.1 Å². The zero-order valence-corrected chi connectivity index (χ0v) is 13.7. The smallest absolute Gasteiger partial charge is 0.343 e. The Balaban J connectivity index is 1.87. The van der Waals surface area contributed by atoms with Gasteiger partial charge in [-0.25, -0.2) is 9.31 Å². The Kier molecular flexibility index (Phi) is 3.85. The molecule has 4 rings (SSSR count). The molecular weight excluding hydrogens is 326 g/mol. The molecule has 9 nitrogen and oxygen atoms in total. The van der Waals surface area contributed by atoms with Crippen LogP contribution in [-0.2, 0) is 9.47 Å². The molecule has 1 aliphatic heterocycles. The molecule has 1 saturated heterocycles. The van der Waals surface area contributed by atoms with Gasteiger partial charge < -0.3 is 19.6 Å². The minimum atomic E-state index is -0.548. The number of morpholine rings is 1. The van der Waals surface area contributed by atoms with E-state index < -0.39 is 5.97 Å². The first kappa shape index (κ1) is 15.6. The van der Waals surface area contributed by atoms with Gasteiger partial charge in [-0.15, -0.1) is 0 Å². The van der Waals surface area contributed by atoms with E-state index in [0.717, 1.165) is 18.8 Å². The van der Waals surface area contributed by atoms with Crippen LogP contribution in [-0.4, -0.2) is 53.6 Å². The number of esters is 1. The fourth-order valence-electron chi connectivity index (χ4n) is 2.97. The number of hydrogen-bond acceptors (Lipinski definition) is 7. The molecule has 1 aliphatic rings. The third-order valence-corrected chi connectivity index (χ3v) is 4.19. The Hall–Kier alpha value is -2.94. The quantitative estimate of drug-likeness (QED) is 0.389. The predicted octanol–water partition coefficient (Wildman–Crippen LogP) is 0.529. The van der Waals surface area contributed by atoms with Crippen molar-refractivity contribution in [2.24, 2.45) is 0 Å². The monoisotopic (exact) mass is 343 g/mol. The number of anilines is 1. The van der Waals surface area contributed by atoms with Gasteiger partial charge in [0.05, 0.1) is 26.0 Å². The van der Waals surface area contributed by atoms with E-state index in [1.54, 1.807) is 13.0 Å². The molecule has 0 spiro atoms. The van der Waals surface area contributed by atoms with Crippen LogP contribution >= 0.6 is 0 Å². The van der Waals surface area contributed by atoms with Crippen LogP contribution in [0.25, 0.3) is 16.7 Å². The van der Waals surface area contributed by atoms with Crippen molar-refractivity contribution in [2.75, 3.05) is 37.8 Å². The van der Waals surface area contributed by atoms with Crippen LogP contribution in [0.3, 0.4) is 0 Å². The minimum absolute atomic E-state index is 0.171. The molecule has 130 valence electrons. The minimum Gasteiger partial charge on any atom is -0.594 e. The summed E-state index contributed by atoms with van der Waals surface area (Å²) in [4.78, 5) is 14.7. The van der Waals surface area contributed by atoms with Crippen molar-refractivity contribution in [3.63, 3.8) is 0 Å². The maximum Gasteiger partial charge on any atom is 0.343 e. The zero-order valence-electron chi connectivity index (χ0n) is 13.7. The lowest BCUT2D eigenvalue weighted by atomic mass is 10.2. The van der Waals surface area contributed by atoms with Crippen LogP contribution in [0.4, 0.5) is 5.69 Å². The number of carbonyl (C=O) groups excluding carboxylic acids is 1. The maximum absolute atomic E-state index is 12.3. The van der Waals surface area contributed by atoms with Gasteiger partial charge in [-0.05, 0) is 23.9 Å². The van der Waals surface area contributed by atoms with Crippen molar-refractivity contribution in [3.05, 3.63) is 35.2 Å². The van der Waals surface area contributed by atoms with Crippen LogP contribution < -0.4 is 9.75 Å². The summed E-state index contributed by atoms with van der Waals surface area (Å²) >= 11 is 0. The third-order valence-electron chi connectivity index (χ3n) is 4.19. The highest BCUT2D eigenvalue weighted by atomic mass is 16.5. The van der Waals surface area contributed by atoms with Crippen molar-refractivity contribution < 1.29 is 19.1 Å². The van der Waals surface area contributed by atoms with Crippen LogP contribution in [0.1, 0.15) is 17.3 Å². The number of carbonyl (C=O) groups is 1. The van der Waals surface area contributed by atoms with E-state index in [4.69, 9.17) is 9.47 Å². The van der Waals surface area contributed by atoms with Gasteiger partial charge in [-0.2, -0.15) is 5.10 Å². The average Bonchev–Trinajstić information content (AvgIpc) is 3.06. The summed E-state index contributed by atoms with van der Waals surface area (Å²) in [5, 5.41) is 20.5. The lowest BCUT2D eigenvalue weighted by Crippen LogP contribution is -2.37. The molecule has 25 heavy (non-hydrogen) atoms. The van der Waals surface area contributed by atoms with Crippen molar-refractivity contribution in [1.29, 1.82) is 0 Å². The lowest BCUT2D eigenvalue weighted by Gasteiger charge is -2.28. The normalized spacial score (nSPS) is 15.0. The Morgan fingerprint density at radius 2 is 2.20 bits per heavy atom. The Morgan fingerprint density at radius 1 is 1.40 bits per heavy atom. The first-order valence-corrected chi connectivity index (χ1v) is 8.10. The number of fused-ring (bicyclic) bond motifs is 3. The summed E-state index contributed by atoms with van der Waals surface area (Å²) in [5.41, 5.74) is 2.28. The molecule has 0 N–H and O–H groups in total. The van der Waals surface area contributed by atoms with Crippen molar-refractivity contribution in [1.82, 2.24) is 14.7 Å². The molecule has 0 aliphatic carbocycles. The molecule has 2 aromatic heterocycles. The fourth-order valence-corrected chi connectivity index (χ4v) is 2.97. The summed E-state index contributed by atoms with van der Waals surface area (Å²) in [5.74, 6) is -0.548. The van der Waals surface area contributed by atoms with E-state index in [1.807, 2.05) is 12.1 Å². The topological polar surface area (TPSA) is 95.9 Å². The molecule has 0 atom stereocenters. The fraction of sp³-hybridized carbons (Fsp3) is 0.375. The molecule has 3 aromatic rings. The SMILES string of the molecule is CCOC(=O)c1cnn2c1n[n+]([O-])c1ccc(N3CCOCC3)cc12. The van der Waals surface area contributed by atoms with E-state index in [-0.39, 0.29) is 17.8 Å². The Bertz CT molecular complexity index is 948. The molecule has 0 radical (unpaired) electrons. The molecule has 1 aromatic carbocycles. The molecule has 0 amide bonds. The van der Waals surface area contributed by atoms with Gasteiger partial charge >= 0.3 is 5.97 Å². The van der Waals surface area contributed by atoms with Gasteiger partial charge in [-0.1, -0.05) is 0 Å². The van der Waals surface area contributed by atoms with Crippen molar-refractivity contribution in [2.45, 2.75) is 6.92 Å². The number of benzene rings is 1. The molecule has 0 bridgehead atoms. The first-order valence-electron chi connectivity index (χ1n) is 8.10. The van der Waals surface area contributed by atoms with Crippen LogP contribution in [0.5, 0.6) is 0 Å². The summed E-state index contributed by atoms with van der Waals surface area (Å²) in [6, 6.07) is 5.47. The van der Waals surface area contributed by atoms with Gasteiger partial charge in [0, 0.05) is 29.9 Å². The summed E-state index contributed by atoms with van der Waals surface area (Å²) in [6.07, 6.45) is 1.38. The van der Waals surface area contributed by atoms with Crippen LogP contribution in [0.2, 0.25) is 0 Å². The molecular formula is C16H17N5O4. The van der Waals surface area contributed by atoms with Crippen molar-refractivity contribution >= 4 is 28.3 Å². The number of ether oxygens (including phenoxy) is 2. The van der Waals surface area contributed by atoms with Gasteiger partial charge in [-0.3, -0.25) is 0 Å². The Labute approximate surface area is 142 Å². The second kappa shape index (κ2) is 6.17. The number of aromatic nitrogens is 4. The van der Waals surface area contributed by atoms with Crippen LogP contribution in [0, 0.1) is 5.21 Å². The van der Waals surface area contributed by atoms with Gasteiger partial charge in [0.1, 0.15) is 11.1 Å². The average molecular weight is 343 g/mol. The molecule has 0 unspecified atom stereocenters. The van der Waals surface area contributed by atoms with E-state index in [2.05, 4.69) is 15.1 Å². The molecule has 9 heteroatoms. The standard InChI is InChI=1S/C16H17N5O4/c1-2-25-16(22)12-10-17-20-14-9-11(19-5-7-24-8-6-19)3-4-13(14)21(23)18-15(12)20/h3-4,9-10H,2,5-8H2,1H3. The zero-order chi connectivity index (χ0) is 17.4. The summed E-state index contributed by atoms with van der Waals surface area (Å²) in [7, 11) is 0. The lowest BCUT2D eigenvalue weighted by molar-refractivity contribution is -0.640. The number of rotatable bonds is 3. The van der Waals surface area contributed by atoms with Gasteiger partial charge in [0.2, 0.25) is 5.65 Å². The highest BCUT2D eigenvalue weighted by Gasteiger charge is 2.22. The largest absolute Gasteiger partial charge is 0.594 e. The second-order valence-electron chi connectivity index (χ2n) is 5.66. The number of hydrogen-bond donors (Lipinski definition) is 0. The number of nitrogens with zero attached hydrogens (tertiary/aromatic N) is 5. The highest BCUT2D eigenvalue weighted by molar-refractivity contribution is 5.96. The third kappa shape index (κ3) is 2.62. The van der Waals surface area contributed by atoms with Crippen molar-refractivity contribution in [3.8, 4) is 0 Å². The highest BCUT2D eigenvalue weighted by Crippen LogP contribution is 2.22. The molecule has 1 fully saturated rings.